The van der Waals surface area contributed by atoms with Crippen molar-refractivity contribution < 1.29 is 4.74 Å². The molecule has 0 amide bonds. The van der Waals surface area contributed by atoms with Crippen LogP contribution in [0.4, 0.5) is 0 Å². The highest BCUT2D eigenvalue weighted by Crippen LogP contribution is 2.23. The van der Waals surface area contributed by atoms with Gasteiger partial charge < -0.3 is 10.1 Å². The van der Waals surface area contributed by atoms with Crippen molar-refractivity contribution in [3.63, 3.8) is 0 Å². The summed E-state index contributed by atoms with van der Waals surface area (Å²) in [6.07, 6.45) is 4.97. The molecule has 1 aliphatic rings. The van der Waals surface area contributed by atoms with Gasteiger partial charge in [0.25, 0.3) is 0 Å². The average molecular weight is 276 g/mol. The highest BCUT2D eigenvalue weighted by Gasteiger charge is 2.12. The first kappa shape index (κ1) is 14.6. The van der Waals surface area contributed by atoms with E-state index in [2.05, 4.69) is 5.32 Å². The molecule has 0 bridgehead atoms. The van der Waals surface area contributed by atoms with Crippen molar-refractivity contribution in [2.45, 2.75) is 31.7 Å². The lowest BCUT2D eigenvalue weighted by Crippen LogP contribution is -2.35. The standard InChI is InChI=1S/C13H18ClNO.ClH/c14-12-6-1-2-7-13(12)16-10-8-11-5-3-4-9-15-11;/h1-2,6-7,11,15H,3-5,8-10H2;1H. The molecular formula is C13H19Cl2NO. The molecule has 1 aromatic rings. The lowest BCUT2D eigenvalue weighted by molar-refractivity contribution is 0.268. The fraction of sp³-hybridized carbons (Fsp3) is 0.538. The van der Waals surface area contributed by atoms with E-state index in [1.165, 1.54) is 19.3 Å². The Kier molecular flexibility index (Phi) is 6.71. The number of nitrogens with one attached hydrogen (secondary N) is 1. The van der Waals surface area contributed by atoms with Gasteiger partial charge in [-0.15, -0.1) is 12.4 Å². The first-order valence-electron chi connectivity index (χ1n) is 5.97. The van der Waals surface area contributed by atoms with Gasteiger partial charge in [-0.1, -0.05) is 30.2 Å². The molecule has 4 heteroatoms. The highest BCUT2D eigenvalue weighted by molar-refractivity contribution is 6.32. The molecule has 1 fully saturated rings. The van der Waals surface area contributed by atoms with Crippen LogP contribution in [0.15, 0.2) is 24.3 Å². The minimum Gasteiger partial charge on any atom is -0.492 e. The molecule has 1 N–H and O–H groups in total. The molecule has 1 saturated heterocycles. The van der Waals surface area contributed by atoms with Crippen LogP contribution in [-0.4, -0.2) is 19.2 Å². The second kappa shape index (κ2) is 7.80. The normalized spacial score (nSPS) is 19.5. The summed E-state index contributed by atoms with van der Waals surface area (Å²) >= 11 is 6.01. The minimum atomic E-state index is 0. The minimum absolute atomic E-state index is 0. The molecule has 1 atom stereocenters. The van der Waals surface area contributed by atoms with Crippen LogP contribution in [-0.2, 0) is 0 Å². The van der Waals surface area contributed by atoms with Gasteiger partial charge in [0.1, 0.15) is 5.75 Å². The third-order valence-electron chi connectivity index (χ3n) is 2.97. The van der Waals surface area contributed by atoms with Crippen LogP contribution < -0.4 is 10.1 Å². The molecule has 0 radical (unpaired) electrons. The molecule has 0 aromatic heterocycles. The summed E-state index contributed by atoms with van der Waals surface area (Å²) in [7, 11) is 0. The molecule has 1 aromatic carbocycles. The van der Waals surface area contributed by atoms with Gasteiger partial charge in [0.05, 0.1) is 11.6 Å². The molecule has 96 valence electrons. The molecule has 0 spiro atoms. The van der Waals surface area contributed by atoms with E-state index in [1.807, 2.05) is 24.3 Å². The topological polar surface area (TPSA) is 21.3 Å². The molecule has 2 nitrogen and oxygen atoms in total. The Labute approximate surface area is 114 Å². The van der Waals surface area contributed by atoms with Crippen LogP contribution in [0, 0.1) is 0 Å². The van der Waals surface area contributed by atoms with E-state index in [1.54, 1.807) is 0 Å². The molecule has 1 heterocycles. The summed E-state index contributed by atoms with van der Waals surface area (Å²) in [6.45, 7) is 1.89. The monoisotopic (exact) mass is 275 g/mol. The predicted octanol–water partition coefficient (Wildman–Crippen LogP) is 3.67. The number of benzene rings is 1. The van der Waals surface area contributed by atoms with E-state index >= 15 is 0 Å². The molecular weight excluding hydrogens is 257 g/mol. The third kappa shape index (κ3) is 4.74. The van der Waals surface area contributed by atoms with Crippen molar-refractivity contribution in [2.75, 3.05) is 13.2 Å². The van der Waals surface area contributed by atoms with Crippen LogP contribution in [0.3, 0.4) is 0 Å². The van der Waals surface area contributed by atoms with Crippen molar-refractivity contribution >= 4 is 24.0 Å². The summed E-state index contributed by atoms with van der Waals surface area (Å²) in [5, 5.41) is 4.20. The van der Waals surface area contributed by atoms with E-state index in [4.69, 9.17) is 16.3 Å². The van der Waals surface area contributed by atoms with Crippen LogP contribution in [0.2, 0.25) is 5.02 Å². The van der Waals surface area contributed by atoms with Gasteiger partial charge in [0.2, 0.25) is 0 Å². The third-order valence-corrected chi connectivity index (χ3v) is 3.29. The number of piperidine rings is 1. The zero-order chi connectivity index (χ0) is 11.2. The van der Waals surface area contributed by atoms with Crippen molar-refractivity contribution in [2.24, 2.45) is 0 Å². The smallest absolute Gasteiger partial charge is 0.137 e. The number of hydrogen-bond donors (Lipinski definition) is 1. The average Bonchev–Trinajstić information content (AvgIpc) is 2.33. The van der Waals surface area contributed by atoms with Gasteiger partial charge in [0, 0.05) is 6.04 Å². The molecule has 0 saturated carbocycles. The Balaban J connectivity index is 0.00000144. The quantitative estimate of drug-likeness (QED) is 0.906. The van der Waals surface area contributed by atoms with Crippen LogP contribution in [0.5, 0.6) is 5.75 Å². The van der Waals surface area contributed by atoms with Crippen LogP contribution >= 0.6 is 24.0 Å². The maximum absolute atomic E-state index is 6.01. The van der Waals surface area contributed by atoms with Gasteiger partial charge in [-0.3, -0.25) is 0 Å². The largest absolute Gasteiger partial charge is 0.492 e. The lowest BCUT2D eigenvalue weighted by Gasteiger charge is -2.23. The van der Waals surface area contributed by atoms with Crippen molar-refractivity contribution in [3.05, 3.63) is 29.3 Å². The summed E-state index contributed by atoms with van der Waals surface area (Å²) < 4.78 is 5.67. The molecule has 1 aliphatic heterocycles. The molecule has 2 rings (SSSR count). The Bertz CT molecular complexity index is 327. The van der Waals surface area contributed by atoms with E-state index in [0.717, 1.165) is 25.3 Å². The van der Waals surface area contributed by atoms with Crippen molar-refractivity contribution in [1.82, 2.24) is 5.32 Å². The zero-order valence-corrected chi connectivity index (χ0v) is 11.4. The van der Waals surface area contributed by atoms with E-state index in [0.29, 0.717) is 11.1 Å². The Morgan fingerprint density at radius 1 is 1.29 bits per heavy atom. The summed E-state index contributed by atoms with van der Waals surface area (Å²) in [4.78, 5) is 0. The van der Waals surface area contributed by atoms with Gasteiger partial charge in [-0.2, -0.15) is 0 Å². The lowest BCUT2D eigenvalue weighted by atomic mass is 10.0. The summed E-state index contributed by atoms with van der Waals surface area (Å²) in [5.74, 6) is 0.792. The summed E-state index contributed by atoms with van der Waals surface area (Å²) in [6, 6.07) is 8.25. The SMILES string of the molecule is Cl.Clc1ccccc1OCCC1CCCCN1. The van der Waals surface area contributed by atoms with Crippen molar-refractivity contribution in [3.8, 4) is 5.75 Å². The van der Waals surface area contributed by atoms with Gasteiger partial charge >= 0.3 is 0 Å². The van der Waals surface area contributed by atoms with E-state index in [9.17, 15) is 0 Å². The maximum Gasteiger partial charge on any atom is 0.137 e. The summed E-state index contributed by atoms with van der Waals surface area (Å²) in [5.41, 5.74) is 0. The van der Waals surface area contributed by atoms with Crippen LogP contribution in [0.1, 0.15) is 25.7 Å². The first-order valence-corrected chi connectivity index (χ1v) is 6.35. The van der Waals surface area contributed by atoms with E-state index in [-0.39, 0.29) is 12.4 Å². The van der Waals surface area contributed by atoms with Gasteiger partial charge in [-0.05, 0) is 37.9 Å². The van der Waals surface area contributed by atoms with Gasteiger partial charge in [-0.25, -0.2) is 0 Å². The number of halogens is 2. The Morgan fingerprint density at radius 2 is 2.12 bits per heavy atom. The molecule has 1 unspecified atom stereocenters. The number of ether oxygens (including phenoxy) is 1. The first-order chi connectivity index (χ1) is 7.86. The van der Waals surface area contributed by atoms with Gasteiger partial charge in [0.15, 0.2) is 0 Å². The number of para-hydroxylation sites is 1. The highest BCUT2D eigenvalue weighted by atomic mass is 35.5. The van der Waals surface area contributed by atoms with Crippen LogP contribution in [0.25, 0.3) is 0 Å². The zero-order valence-electron chi connectivity index (χ0n) is 9.82. The Morgan fingerprint density at radius 3 is 2.82 bits per heavy atom. The second-order valence-electron chi connectivity index (χ2n) is 4.21. The Hall–Kier alpha value is -0.440. The molecule has 0 aliphatic carbocycles. The van der Waals surface area contributed by atoms with E-state index < -0.39 is 0 Å². The second-order valence-corrected chi connectivity index (χ2v) is 4.62. The van der Waals surface area contributed by atoms with Crippen molar-refractivity contribution in [1.29, 1.82) is 0 Å². The number of rotatable bonds is 4. The molecule has 17 heavy (non-hydrogen) atoms. The number of hydrogen-bond acceptors (Lipinski definition) is 2. The maximum atomic E-state index is 6.01. The predicted molar refractivity (Wildman–Crippen MR) is 74.5 cm³/mol. The fourth-order valence-electron chi connectivity index (χ4n) is 2.04. The fourth-order valence-corrected chi connectivity index (χ4v) is 2.23.